The van der Waals surface area contributed by atoms with Crippen LogP contribution in [0, 0.1) is 19.7 Å². The Kier molecular flexibility index (Phi) is 6.21. The maximum atomic E-state index is 13.7. The molecule has 2 aromatic heterocycles. The number of amides is 1. The highest BCUT2D eigenvalue weighted by Crippen LogP contribution is 2.25. The zero-order valence-electron chi connectivity index (χ0n) is 19.0. The standard InChI is InChI=1S/C24H29FN6O/c1-16(2)22-13-21(19-5-6-20(25)17(3)11-19)28-31(22)14-24(32)30-9-7-29(8-10-30)23-12-18(4)26-15-27-23/h5-6,11-13,15-16H,7-10,14H2,1-4H3. The first-order valence-electron chi connectivity index (χ1n) is 11.0. The third kappa shape index (κ3) is 4.64. The molecular formula is C24H29FN6O. The Balaban J connectivity index is 1.46. The zero-order chi connectivity index (χ0) is 22.8. The highest BCUT2D eigenvalue weighted by Gasteiger charge is 2.24. The molecule has 8 heteroatoms. The fourth-order valence-corrected chi connectivity index (χ4v) is 3.99. The van der Waals surface area contributed by atoms with Crippen LogP contribution < -0.4 is 4.90 Å². The topological polar surface area (TPSA) is 67.2 Å². The van der Waals surface area contributed by atoms with Gasteiger partial charge in [0.25, 0.3) is 0 Å². The molecule has 0 aliphatic carbocycles. The van der Waals surface area contributed by atoms with Gasteiger partial charge in [0.15, 0.2) is 0 Å². The minimum atomic E-state index is -0.233. The molecular weight excluding hydrogens is 407 g/mol. The summed E-state index contributed by atoms with van der Waals surface area (Å²) in [6.45, 7) is 10.8. The molecule has 0 atom stereocenters. The van der Waals surface area contributed by atoms with Gasteiger partial charge in [-0.25, -0.2) is 14.4 Å². The van der Waals surface area contributed by atoms with Gasteiger partial charge in [-0.05, 0) is 49.6 Å². The summed E-state index contributed by atoms with van der Waals surface area (Å²) in [5, 5.41) is 4.70. The monoisotopic (exact) mass is 436 g/mol. The smallest absolute Gasteiger partial charge is 0.244 e. The summed E-state index contributed by atoms with van der Waals surface area (Å²) in [6, 6.07) is 8.95. The van der Waals surface area contributed by atoms with Crippen molar-refractivity contribution in [2.75, 3.05) is 31.1 Å². The SMILES string of the molecule is Cc1cc(N2CCN(C(=O)Cn3nc(-c4ccc(F)c(C)c4)cc3C(C)C)CC2)ncn1. The van der Waals surface area contributed by atoms with Crippen molar-refractivity contribution in [2.45, 2.75) is 40.2 Å². The minimum Gasteiger partial charge on any atom is -0.353 e. The highest BCUT2D eigenvalue weighted by molar-refractivity contribution is 5.76. The number of hydrogen-bond donors (Lipinski definition) is 0. The van der Waals surface area contributed by atoms with E-state index in [0.29, 0.717) is 18.7 Å². The van der Waals surface area contributed by atoms with Crippen LogP contribution in [-0.4, -0.2) is 56.7 Å². The molecule has 3 heterocycles. The van der Waals surface area contributed by atoms with Crippen LogP contribution in [-0.2, 0) is 11.3 Å². The lowest BCUT2D eigenvalue weighted by Crippen LogP contribution is -2.50. The van der Waals surface area contributed by atoms with Crippen LogP contribution in [0.5, 0.6) is 0 Å². The number of hydrogen-bond acceptors (Lipinski definition) is 5. The highest BCUT2D eigenvalue weighted by atomic mass is 19.1. The molecule has 0 bridgehead atoms. The second-order valence-electron chi connectivity index (χ2n) is 8.62. The lowest BCUT2D eigenvalue weighted by molar-refractivity contribution is -0.132. The van der Waals surface area contributed by atoms with Gasteiger partial charge in [-0.1, -0.05) is 13.8 Å². The van der Waals surface area contributed by atoms with E-state index in [-0.39, 0.29) is 24.2 Å². The molecule has 0 spiro atoms. The van der Waals surface area contributed by atoms with Gasteiger partial charge in [0, 0.05) is 49.2 Å². The van der Waals surface area contributed by atoms with Crippen LogP contribution in [0.15, 0.2) is 36.7 Å². The molecule has 0 saturated carbocycles. The second kappa shape index (κ2) is 9.06. The number of carbonyl (C=O) groups is 1. The number of aryl methyl sites for hydroxylation is 2. The average molecular weight is 437 g/mol. The molecule has 3 aromatic rings. The predicted molar refractivity (Wildman–Crippen MR) is 122 cm³/mol. The summed E-state index contributed by atoms with van der Waals surface area (Å²) in [7, 11) is 0. The largest absolute Gasteiger partial charge is 0.353 e. The first-order chi connectivity index (χ1) is 15.3. The molecule has 1 fully saturated rings. The van der Waals surface area contributed by atoms with Gasteiger partial charge in [0.2, 0.25) is 5.91 Å². The second-order valence-corrected chi connectivity index (χ2v) is 8.62. The predicted octanol–water partition coefficient (Wildman–Crippen LogP) is 3.57. The normalized spacial score (nSPS) is 14.3. The Morgan fingerprint density at radius 2 is 1.81 bits per heavy atom. The van der Waals surface area contributed by atoms with Gasteiger partial charge in [-0.3, -0.25) is 9.48 Å². The van der Waals surface area contributed by atoms with Crippen molar-refractivity contribution < 1.29 is 9.18 Å². The van der Waals surface area contributed by atoms with E-state index in [0.717, 1.165) is 41.6 Å². The summed E-state index contributed by atoms with van der Waals surface area (Å²) in [5.74, 6) is 0.931. The minimum absolute atomic E-state index is 0.0513. The van der Waals surface area contributed by atoms with E-state index in [1.54, 1.807) is 30.1 Å². The summed E-state index contributed by atoms with van der Waals surface area (Å²) in [4.78, 5) is 25.6. The average Bonchev–Trinajstić information content (AvgIpc) is 3.20. The number of benzene rings is 1. The van der Waals surface area contributed by atoms with Gasteiger partial charge in [0.1, 0.15) is 24.5 Å². The molecule has 0 N–H and O–H groups in total. The molecule has 1 saturated heterocycles. The molecule has 1 aliphatic rings. The van der Waals surface area contributed by atoms with E-state index in [1.807, 2.05) is 24.0 Å². The third-order valence-corrected chi connectivity index (χ3v) is 5.89. The number of nitrogens with zero attached hydrogens (tertiary/aromatic N) is 6. The molecule has 168 valence electrons. The quantitative estimate of drug-likeness (QED) is 0.612. The molecule has 4 rings (SSSR count). The number of aromatic nitrogens is 4. The molecule has 0 radical (unpaired) electrons. The van der Waals surface area contributed by atoms with Crippen molar-refractivity contribution in [3.8, 4) is 11.3 Å². The lowest BCUT2D eigenvalue weighted by Gasteiger charge is -2.35. The van der Waals surface area contributed by atoms with Gasteiger partial charge in [0.05, 0.1) is 5.69 Å². The molecule has 1 aromatic carbocycles. The third-order valence-electron chi connectivity index (χ3n) is 5.89. The molecule has 0 unspecified atom stereocenters. The van der Waals surface area contributed by atoms with E-state index in [4.69, 9.17) is 5.10 Å². The first-order valence-corrected chi connectivity index (χ1v) is 11.0. The maximum absolute atomic E-state index is 13.7. The van der Waals surface area contributed by atoms with Gasteiger partial charge in [-0.15, -0.1) is 0 Å². The van der Waals surface area contributed by atoms with Gasteiger partial charge in [-0.2, -0.15) is 5.10 Å². The molecule has 1 aliphatic heterocycles. The summed E-state index contributed by atoms with van der Waals surface area (Å²) < 4.78 is 15.5. The summed E-state index contributed by atoms with van der Waals surface area (Å²) >= 11 is 0. The number of halogens is 1. The van der Waals surface area contributed by atoms with Crippen LogP contribution >= 0.6 is 0 Å². The van der Waals surface area contributed by atoms with E-state index in [2.05, 4.69) is 28.7 Å². The molecule has 32 heavy (non-hydrogen) atoms. The summed E-state index contributed by atoms with van der Waals surface area (Å²) in [5.41, 5.74) is 4.11. The number of carbonyl (C=O) groups excluding carboxylic acids is 1. The van der Waals surface area contributed by atoms with Gasteiger partial charge < -0.3 is 9.80 Å². The van der Waals surface area contributed by atoms with Crippen molar-refractivity contribution in [1.82, 2.24) is 24.6 Å². The lowest BCUT2D eigenvalue weighted by atomic mass is 10.1. The maximum Gasteiger partial charge on any atom is 0.244 e. The fourth-order valence-electron chi connectivity index (χ4n) is 3.99. The zero-order valence-corrected chi connectivity index (χ0v) is 19.0. The Labute approximate surface area is 187 Å². The van der Waals surface area contributed by atoms with Crippen molar-refractivity contribution >= 4 is 11.7 Å². The van der Waals surface area contributed by atoms with E-state index < -0.39 is 0 Å². The van der Waals surface area contributed by atoms with E-state index in [9.17, 15) is 9.18 Å². The van der Waals surface area contributed by atoms with Crippen LogP contribution in [0.3, 0.4) is 0 Å². The Morgan fingerprint density at radius 1 is 1.06 bits per heavy atom. The van der Waals surface area contributed by atoms with Crippen LogP contribution in [0.4, 0.5) is 10.2 Å². The Hall–Kier alpha value is -3.29. The van der Waals surface area contributed by atoms with Gasteiger partial charge >= 0.3 is 0 Å². The van der Waals surface area contributed by atoms with E-state index >= 15 is 0 Å². The van der Waals surface area contributed by atoms with Crippen molar-refractivity contribution in [1.29, 1.82) is 0 Å². The van der Waals surface area contributed by atoms with Crippen LogP contribution in [0.2, 0.25) is 0 Å². The van der Waals surface area contributed by atoms with Crippen molar-refractivity contribution in [2.24, 2.45) is 0 Å². The first kappa shape index (κ1) is 21.9. The molecule has 7 nitrogen and oxygen atoms in total. The van der Waals surface area contributed by atoms with Crippen molar-refractivity contribution in [3.05, 3.63) is 59.4 Å². The number of rotatable bonds is 5. The van der Waals surface area contributed by atoms with Crippen LogP contribution in [0.1, 0.15) is 36.7 Å². The van der Waals surface area contributed by atoms with Crippen molar-refractivity contribution in [3.63, 3.8) is 0 Å². The Bertz CT molecular complexity index is 1120. The Morgan fingerprint density at radius 3 is 2.47 bits per heavy atom. The number of piperazine rings is 1. The fraction of sp³-hybridized carbons (Fsp3) is 0.417. The van der Waals surface area contributed by atoms with E-state index in [1.165, 1.54) is 6.07 Å². The van der Waals surface area contributed by atoms with Crippen LogP contribution in [0.25, 0.3) is 11.3 Å². The molecule has 1 amide bonds. The summed E-state index contributed by atoms with van der Waals surface area (Å²) in [6.07, 6.45) is 1.58. The number of anilines is 1.